The highest BCUT2D eigenvalue weighted by Crippen LogP contribution is 2.20. The highest BCUT2D eigenvalue weighted by Gasteiger charge is 2.18. The molecule has 0 aliphatic heterocycles. The molecule has 0 radical (unpaired) electrons. The minimum atomic E-state index is -1.25. The van der Waals surface area contributed by atoms with E-state index in [4.69, 9.17) is 10.2 Å². The van der Waals surface area contributed by atoms with Crippen LogP contribution in [0.1, 0.15) is 0 Å². The lowest BCUT2D eigenvalue weighted by Gasteiger charge is -2.11. The summed E-state index contributed by atoms with van der Waals surface area (Å²) < 4.78 is 0.947. The molecule has 1 aromatic rings. The van der Waals surface area contributed by atoms with Gasteiger partial charge in [0.2, 0.25) is 5.91 Å². The van der Waals surface area contributed by atoms with Crippen LogP contribution in [0.25, 0.3) is 0 Å². The number of hydrogen-bond acceptors (Lipinski definition) is 4. The molecule has 1 aromatic carbocycles. The molecule has 3 N–H and O–H groups in total. The Labute approximate surface area is 117 Å². The number of hydrogen-bond donors (Lipinski definition) is 3. The lowest BCUT2D eigenvalue weighted by atomic mass is 10.3. The SMILES string of the molecule is O=C(CSc1ccc(Br)cc1)NC(CO)C(=O)O. The molecular formula is C11H12BrNO4S. The van der Waals surface area contributed by atoms with Crippen molar-refractivity contribution in [1.82, 2.24) is 5.32 Å². The van der Waals surface area contributed by atoms with Crippen molar-refractivity contribution in [2.45, 2.75) is 10.9 Å². The van der Waals surface area contributed by atoms with Crippen LogP contribution >= 0.6 is 27.7 Å². The van der Waals surface area contributed by atoms with E-state index in [-0.39, 0.29) is 5.75 Å². The summed E-state index contributed by atoms with van der Waals surface area (Å²) in [6.45, 7) is -0.621. The topological polar surface area (TPSA) is 86.6 Å². The summed E-state index contributed by atoms with van der Waals surface area (Å²) in [6.07, 6.45) is 0. The number of aliphatic hydroxyl groups is 1. The molecule has 7 heteroatoms. The van der Waals surface area contributed by atoms with Crippen LogP contribution in [0.2, 0.25) is 0 Å². The molecular weight excluding hydrogens is 322 g/mol. The number of nitrogens with one attached hydrogen (secondary N) is 1. The summed E-state index contributed by atoms with van der Waals surface area (Å²) in [5.74, 6) is -1.57. The summed E-state index contributed by atoms with van der Waals surface area (Å²) in [6, 6.07) is 6.16. The zero-order valence-corrected chi connectivity index (χ0v) is 11.7. The number of carboxylic acids is 1. The molecule has 0 heterocycles. The van der Waals surface area contributed by atoms with Crippen LogP contribution in [0, 0.1) is 0 Å². The number of carbonyl (C=O) groups excluding carboxylic acids is 1. The van der Waals surface area contributed by atoms with Crippen LogP contribution < -0.4 is 5.32 Å². The number of aliphatic carboxylic acids is 1. The largest absolute Gasteiger partial charge is 0.480 e. The van der Waals surface area contributed by atoms with Crippen LogP contribution in [-0.2, 0) is 9.59 Å². The van der Waals surface area contributed by atoms with Crippen molar-refractivity contribution >= 4 is 39.6 Å². The first-order valence-corrected chi connectivity index (χ1v) is 6.82. The maximum Gasteiger partial charge on any atom is 0.328 e. The molecule has 0 aromatic heterocycles. The molecule has 1 amide bonds. The standard InChI is InChI=1S/C11H12BrNO4S/c12-7-1-3-8(4-2-7)18-6-10(15)13-9(5-14)11(16)17/h1-4,9,14H,5-6H2,(H,13,15)(H,16,17). The van der Waals surface area contributed by atoms with Gasteiger partial charge in [0.25, 0.3) is 0 Å². The number of aliphatic hydroxyl groups excluding tert-OH is 1. The van der Waals surface area contributed by atoms with E-state index in [9.17, 15) is 9.59 Å². The molecule has 1 unspecified atom stereocenters. The second-order valence-electron chi connectivity index (χ2n) is 3.38. The number of halogens is 1. The number of thioether (sulfide) groups is 1. The lowest BCUT2D eigenvalue weighted by molar-refractivity contribution is -0.142. The number of rotatable bonds is 6. The van der Waals surface area contributed by atoms with Gasteiger partial charge in [-0.25, -0.2) is 4.79 Å². The number of carbonyl (C=O) groups is 2. The van der Waals surface area contributed by atoms with E-state index in [0.29, 0.717) is 0 Å². The molecule has 0 saturated heterocycles. The van der Waals surface area contributed by atoms with E-state index in [1.165, 1.54) is 11.8 Å². The Balaban J connectivity index is 2.41. The Morgan fingerprint density at radius 3 is 2.44 bits per heavy atom. The smallest absolute Gasteiger partial charge is 0.328 e. The predicted molar refractivity (Wildman–Crippen MR) is 71.5 cm³/mol. The van der Waals surface area contributed by atoms with Crippen LogP contribution in [0.5, 0.6) is 0 Å². The van der Waals surface area contributed by atoms with Gasteiger partial charge < -0.3 is 15.5 Å². The molecule has 0 bridgehead atoms. The molecule has 0 aliphatic carbocycles. The summed E-state index contributed by atoms with van der Waals surface area (Å²) in [5, 5.41) is 19.6. The molecule has 0 spiro atoms. The number of carboxylic acid groups (broad SMARTS) is 1. The Bertz CT molecular complexity index is 424. The third-order valence-electron chi connectivity index (χ3n) is 2.00. The maximum absolute atomic E-state index is 11.4. The minimum absolute atomic E-state index is 0.103. The van der Waals surface area contributed by atoms with Crippen molar-refractivity contribution in [2.24, 2.45) is 0 Å². The van der Waals surface area contributed by atoms with Crippen LogP contribution in [-0.4, -0.2) is 40.5 Å². The second kappa shape index (κ2) is 7.40. The van der Waals surface area contributed by atoms with Gasteiger partial charge >= 0.3 is 5.97 Å². The fourth-order valence-electron chi connectivity index (χ4n) is 1.10. The van der Waals surface area contributed by atoms with Gasteiger partial charge in [0.15, 0.2) is 0 Å². The van der Waals surface area contributed by atoms with Crippen molar-refractivity contribution in [3.8, 4) is 0 Å². The molecule has 18 heavy (non-hydrogen) atoms. The number of benzene rings is 1. The molecule has 5 nitrogen and oxygen atoms in total. The van der Waals surface area contributed by atoms with Crippen molar-refractivity contribution in [3.63, 3.8) is 0 Å². The molecule has 0 fully saturated rings. The van der Waals surface area contributed by atoms with Gasteiger partial charge in [-0.15, -0.1) is 11.8 Å². The lowest BCUT2D eigenvalue weighted by Crippen LogP contribution is -2.44. The average Bonchev–Trinajstić information content (AvgIpc) is 2.35. The molecule has 98 valence electrons. The van der Waals surface area contributed by atoms with E-state index in [2.05, 4.69) is 21.2 Å². The van der Waals surface area contributed by atoms with Crippen LogP contribution in [0.4, 0.5) is 0 Å². The van der Waals surface area contributed by atoms with Gasteiger partial charge in [0, 0.05) is 9.37 Å². The zero-order valence-electron chi connectivity index (χ0n) is 9.30. The zero-order chi connectivity index (χ0) is 13.5. The second-order valence-corrected chi connectivity index (χ2v) is 5.35. The first-order chi connectivity index (χ1) is 8.52. The van der Waals surface area contributed by atoms with Gasteiger partial charge in [0.1, 0.15) is 6.04 Å². The van der Waals surface area contributed by atoms with E-state index >= 15 is 0 Å². The fourth-order valence-corrected chi connectivity index (χ4v) is 2.08. The Morgan fingerprint density at radius 1 is 1.33 bits per heavy atom. The van der Waals surface area contributed by atoms with Crippen LogP contribution in [0.15, 0.2) is 33.6 Å². The Kier molecular flexibility index (Phi) is 6.17. The Hall–Kier alpha value is -1.05. The maximum atomic E-state index is 11.4. The molecule has 0 saturated carbocycles. The van der Waals surface area contributed by atoms with Crippen molar-refractivity contribution in [2.75, 3.05) is 12.4 Å². The summed E-state index contributed by atoms with van der Waals surface area (Å²) in [7, 11) is 0. The predicted octanol–water partition coefficient (Wildman–Crippen LogP) is 1.10. The van der Waals surface area contributed by atoms with Gasteiger partial charge in [-0.2, -0.15) is 0 Å². The molecule has 0 aliphatic rings. The van der Waals surface area contributed by atoms with Gasteiger partial charge in [-0.1, -0.05) is 15.9 Å². The van der Waals surface area contributed by atoms with Gasteiger partial charge in [-0.3, -0.25) is 4.79 Å². The quantitative estimate of drug-likeness (QED) is 0.679. The number of amides is 1. The molecule has 1 atom stereocenters. The van der Waals surface area contributed by atoms with E-state index in [0.717, 1.165) is 9.37 Å². The highest BCUT2D eigenvalue weighted by atomic mass is 79.9. The highest BCUT2D eigenvalue weighted by molar-refractivity contribution is 9.10. The van der Waals surface area contributed by atoms with Gasteiger partial charge in [0.05, 0.1) is 12.4 Å². The summed E-state index contributed by atoms with van der Waals surface area (Å²) in [4.78, 5) is 22.9. The van der Waals surface area contributed by atoms with Crippen molar-refractivity contribution < 1.29 is 19.8 Å². The van der Waals surface area contributed by atoms with E-state index < -0.39 is 24.5 Å². The Morgan fingerprint density at radius 2 is 1.94 bits per heavy atom. The minimum Gasteiger partial charge on any atom is -0.480 e. The fraction of sp³-hybridized carbons (Fsp3) is 0.273. The van der Waals surface area contributed by atoms with E-state index in [1.54, 1.807) is 0 Å². The third kappa shape index (κ3) is 5.07. The normalized spacial score (nSPS) is 11.9. The van der Waals surface area contributed by atoms with Crippen LogP contribution in [0.3, 0.4) is 0 Å². The third-order valence-corrected chi connectivity index (χ3v) is 3.54. The first-order valence-electron chi connectivity index (χ1n) is 5.04. The van der Waals surface area contributed by atoms with Crippen molar-refractivity contribution in [3.05, 3.63) is 28.7 Å². The van der Waals surface area contributed by atoms with E-state index in [1.807, 2.05) is 24.3 Å². The molecule has 1 rings (SSSR count). The summed E-state index contributed by atoms with van der Waals surface area (Å²) in [5.41, 5.74) is 0. The average molecular weight is 334 g/mol. The summed E-state index contributed by atoms with van der Waals surface area (Å²) >= 11 is 4.60. The van der Waals surface area contributed by atoms with Gasteiger partial charge in [-0.05, 0) is 24.3 Å². The van der Waals surface area contributed by atoms with Crippen molar-refractivity contribution in [1.29, 1.82) is 0 Å². The first kappa shape index (κ1) is 15.0. The monoisotopic (exact) mass is 333 g/mol.